The van der Waals surface area contributed by atoms with Crippen LogP contribution in [0.3, 0.4) is 0 Å². The molecule has 0 aliphatic heterocycles. The van der Waals surface area contributed by atoms with Gasteiger partial charge in [-0.25, -0.2) is 0 Å². The summed E-state index contributed by atoms with van der Waals surface area (Å²) in [6.45, 7) is 1.95. The first-order valence-electron chi connectivity index (χ1n) is 6.14. The summed E-state index contributed by atoms with van der Waals surface area (Å²) in [5, 5.41) is 0.942. The highest BCUT2D eigenvalue weighted by Crippen LogP contribution is 2.26. The van der Waals surface area contributed by atoms with Crippen LogP contribution >= 0.6 is 31.9 Å². The number of nitrogens with one attached hydrogen (secondary N) is 1. The molecule has 0 spiro atoms. The van der Waals surface area contributed by atoms with Crippen molar-refractivity contribution in [2.24, 2.45) is 0 Å². The van der Waals surface area contributed by atoms with Gasteiger partial charge in [-0.2, -0.15) is 0 Å². The molecule has 1 heterocycles. The van der Waals surface area contributed by atoms with Crippen molar-refractivity contribution in [2.75, 3.05) is 0 Å². The normalized spacial score (nSPS) is 10.9. The molecule has 2 aromatic carbocycles. The van der Waals surface area contributed by atoms with Crippen LogP contribution in [0.15, 0.2) is 51.5 Å². The third-order valence-electron chi connectivity index (χ3n) is 3.33. The van der Waals surface area contributed by atoms with E-state index in [4.69, 9.17) is 0 Å². The molecule has 0 atom stereocenters. The predicted molar refractivity (Wildman–Crippen MR) is 88.3 cm³/mol. The van der Waals surface area contributed by atoms with Crippen LogP contribution in [0.4, 0.5) is 0 Å². The lowest BCUT2D eigenvalue weighted by atomic mass is 9.99. The second kappa shape index (κ2) is 5.19. The Balaban J connectivity index is 2.15. The predicted octanol–water partition coefficient (Wildman–Crippen LogP) is 5.23. The van der Waals surface area contributed by atoms with Crippen LogP contribution < -0.4 is 0 Å². The summed E-state index contributed by atoms with van der Waals surface area (Å²) in [5.41, 5.74) is 3.36. The van der Waals surface area contributed by atoms with Gasteiger partial charge in [-0.3, -0.25) is 4.79 Å². The Bertz CT molecular complexity index is 820. The van der Waals surface area contributed by atoms with E-state index < -0.39 is 0 Å². The van der Waals surface area contributed by atoms with E-state index in [0.717, 1.165) is 31.0 Å². The maximum atomic E-state index is 12.7. The van der Waals surface area contributed by atoms with Crippen molar-refractivity contribution in [1.82, 2.24) is 4.98 Å². The molecule has 1 aromatic heterocycles. The second-order valence-corrected chi connectivity index (χ2v) is 6.51. The van der Waals surface area contributed by atoms with Crippen LogP contribution in [0.1, 0.15) is 21.5 Å². The Kier molecular flexibility index (Phi) is 3.52. The second-order valence-electron chi connectivity index (χ2n) is 4.68. The molecule has 100 valence electrons. The Labute approximate surface area is 133 Å². The van der Waals surface area contributed by atoms with E-state index >= 15 is 0 Å². The number of halogens is 2. The number of hydrogen-bond acceptors (Lipinski definition) is 1. The van der Waals surface area contributed by atoms with Gasteiger partial charge in [0.2, 0.25) is 0 Å². The molecule has 0 saturated carbocycles. The minimum Gasteiger partial charge on any atom is -0.360 e. The van der Waals surface area contributed by atoms with Crippen molar-refractivity contribution >= 4 is 48.5 Å². The van der Waals surface area contributed by atoms with E-state index in [9.17, 15) is 4.79 Å². The van der Waals surface area contributed by atoms with Gasteiger partial charge in [-0.1, -0.05) is 44.0 Å². The van der Waals surface area contributed by atoms with Gasteiger partial charge in [0, 0.05) is 37.2 Å². The van der Waals surface area contributed by atoms with E-state index in [1.807, 2.05) is 43.3 Å². The molecule has 0 unspecified atom stereocenters. The number of carbonyl (C=O) groups excluding carboxylic acids is 1. The Morgan fingerprint density at radius 1 is 1.00 bits per heavy atom. The third kappa shape index (κ3) is 2.34. The fraction of sp³-hybridized carbons (Fsp3) is 0.0625. The van der Waals surface area contributed by atoms with Crippen LogP contribution in [-0.4, -0.2) is 10.8 Å². The molecule has 0 bridgehead atoms. The molecule has 0 radical (unpaired) electrons. The lowest BCUT2D eigenvalue weighted by Gasteiger charge is -2.05. The number of rotatable bonds is 2. The van der Waals surface area contributed by atoms with Crippen molar-refractivity contribution in [3.8, 4) is 0 Å². The average molecular weight is 393 g/mol. The summed E-state index contributed by atoms with van der Waals surface area (Å²) < 4.78 is 1.90. The molecule has 0 aliphatic rings. The lowest BCUT2D eigenvalue weighted by Crippen LogP contribution is -2.03. The summed E-state index contributed by atoms with van der Waals surface area (Å²) in [5.74, 6) is 0.0392. The molecule has 3 aromatic rings. The standard InChI is InChI=1S/C16H11Br2NO/c1-9-2-3-10(17)6-13(9)16(20)14-8-19-15-7-11(18)4-5-12(14)15/h2-8,19H,1H3. The summed E-state index contributed by atoms with van der Waals surface area (Å²) in [6.07, 6.45) is 1.78. The average Bonchev–Trinajstić information content (AvgIpc) is 2.83. The molecule has 2 nitrogen and oxygen atoms in total. The van der Waals surface area contributed by atoms with Gasteiger partial charge < -0.3 is 4.98 Å². The van der Waals surface area contributed by atoms with Crippen LogP contribution in [0.25, 0.3) is 10.9 Å². The number of H-pyrrole nitrogens is 1. The molecule has 0 aliphatic carbocycles. The summed E-state index contributed by atoms with van der Waals surface area (Å²) >= 11 is 6.85. The SMILES string of the molecule is Cc1ccc(Br)cc1C(=O)c1c[nH]c2cc(Br)ccc12. The topological polar surface area (TPSA) is 32.9 Å². The molecular weight excluding hydrogens is 382 g/mol. The largest absolute Gasteiger partial charge is 0.360 e. The molecule has 20 heavy (non-hydrogen) atoms. The Morgan fingerprint density at radius 2 is 1.70 bits per heavy atom. The Hall–Kier alpha value is -1.39. The van der Waals surface area contributed by atoms with Gasteiger partial charge >= 0.3 is 0 Å². The fourth-order valence-electron chi connectivity index (χ4n) is 2.27. The monoisotopic (exact) mass is 391 g/mol. The lowest BCUT2D eigenvalue weighted by molar-refractivity contribution is 0.103. The van der Waals surface area contributed by atoms with Crippen LogP contribution in [0.2, 0.25) is 0 Å². The van der Waals surface area contributed by atoms with Gasteiger partial charge in [0.25, 0.3) is 0 Å². The van der Waals surface area contributed by atoms with Gasteiger partial charge in [0.1, 0.15) is 0 Å². The zero-order valence-corrected chi connectivity index (χ0v) is 13.9. The molecule has 0 amide bonds. The number of aryl methyl sites for hydroxylation is 1. The first-order valence-corrected chi connectivity index (χ1v) is 7.72. The third-order valence-corrected chi connectivity index (χ3v) is 4.32. The van der Waals surface area contributed by atoms with Gasteiger partial charge in [-0.05, 0) is 36.8 Å². The van der Waals surface area contributed by atoms with Crippen LogP contribution in [0.5, 0.6) is 0 Å². The first-order chi connectivity index (χ1) is 9.56. The summed E-state index contributed by atoms with van der Waals surface area (Å²) in [7, 11) is 0. The number of hydrogen-bond donors (Lipinski definition) is 1. The minimum atomic E-state index is 0.0392. The highest BCUT2D eigenvalue weighted by Gasteiger charge is 2.16. The quantitative estimate of drug-likeness (QED) is 0.595. The van der Waals surface area contributed by atoms with Gasteiger partial charge in [-0.15, -0.1) is 0 Å². The Morgan fingerprint density at radius 3 is 2.50 bits per heavy atom. The van der Waals surface area contributed by atoms with E-state index in [-0.39, 0.29) is 5.78 Å². The number of ketones is 1. The van der Waals surface area contributed by atoms with E-state index in [0.29, 0.717) is 5.56 Å². The molecular formula is C16H11Br2NO. The van der Waals surface area contributed by atoms with Gasteiger partial charge in [0.15, 0.2) is 5.78 Å². The van der Waals surface area contributed by atoms with Gasteiger partial charge in [0.05, 0.1) is 0 Å². The van der Waals surface area contributed by atoms with Crippen LogP contribution in [-0.2, 0) is 0 Å². The molecule has 1 N–H and O–H groups in total. The molecule has 3 rings (SSSR count). The maximum absolute atomic E-state index is 12.7. The minimum absolute atomic E-state index is 0.0392. The number of carbonyl (C=O) groups is 1. The number of aromatic nitrogens is 1. The highest BCUT2D eigenvalue weighted by atomic mass is 79.9. The zero-order chi connectivity index (χ0) is 14.3. The van der Waals surface area contributed by atoms with E-state index in [2.05, 4.69) is 36.8 Å². The molecule has 0 fully saturated rings. The highest BCUT2D eigenvalue weighted by molar-refractivity contribution is 9.10. The molecule has 4 heteroatoms. The van der Waals surface area contributed by atoms with Crippen molar-refractivity contribution in [3.05, 3.63) is 68.2 Å². The van der Waals surface area contributed by atoms with E-state index in [1.165, 1.54) is 0 Å². The summed E-state index contributed by atoms with van der Waals surface area (Å²) in [6, 6.07) is 11.6. The van der Waals surface area contributed by atoms with Crippen molar-refractivity contribution in [2.45, 2.75) is 6.92 Å². The summed E-state index contributed by atoms with van der Waals surface area (Å²) in [4.78, 5) is 15.9. The number of aromatic amines is 1. The van der Waals surface area contributed by atoms with Crippen LogP contribution in [0, 0.1) is 6.92 Å². The smallest absolute Gasteiger partial charge is 0.195 e. The van der Waals surface area contributed by atoms with Crippen molar-refractivity contribution in [1.29, 1.82) is 0 Å². The van der Waals surface area contributed by atoms with E-state index in [1.54, 1.807) is 6.20 Å². The molecule has 0 saturated heterocycles. The zero-order valence-electron chi connectivity index (χ0n) is 10.7. The fourth-order valence-corrected chi connectivity index (χ4v) is 2.99. The number of fused-ring (bicyclic) bond motifs is 1. The van der Waals surface area contributed by atoms with Crippen molar-refractivity contribution < 1.29 is 4.79 Å². The maximum Gasteiger partial charge on any atom is 0.195 e. The van der Waals surface area contributed by atoms with Crippen molar-refractivity contribution in [3.63, 3.8) is 0 Å². The number of benzene rings is 2. The first kappa shape index (κ1) is 13.6.